The van der Waals surface area contributed by atoms with Gasteiger partial charge in [-0.3, -0.25) is 14.6 Å². The lowest BCUT2D eigenvalue weighted by atomic mass is 9.90. The van der Waals surface area contributed by atoms with Crippen LogP contribution in [0.25, 0.3) is 11.1 Å². The molecule has 0 radical (unpaired) electrons. The Kier molecular flexibility index (Phi) is 6.36. The number of nitrogens with zero attached hydrogens (tertiary/aromatic N) is 1. The van der Waals surface area contributed by atoms with E-state index in [0.29, 0.717) is 49.2 Å². The maximum atomic E-state index is 13.0. The van der Waals surface area contributed by atoms with Gasteiger partial charge >= 0.3 is 6.18 Å². The van der Waals surface area contributed by atoms with Gasteiger partial charge in [-0.25, -0.2) is 0 Å². The van der Waals surface area contributed by atoms with E-state index in [1.54, 1.807) is 24.3 Å². The molecule has 0 aliphatic carbocycles. The third-order valence-corrected chi connectivity index (χ3v) is 6.60. The highest BCUT2D eigenvalue weighted by Gasteiger charge is 2.40. The molecule has 2 aliphatic rings. The largest absolute Gasteiger partial charge is 0.484 e. The summed E-state index contributed by atoms with van der Waals surface area (Å²) >= 11 is 0. The fourth-order valence-corrected chi connectivity index (χ4v) is 4.59. The number of anilines is 2. The number of hydrogen-bond donors (Lipinski definition) is 2. The van der Waals surface area contributed by atoms with Crippen molar-refractivity contribution in [2.24, 2.45) is 0 Å². The Balaban J connectivity index is 1.43. The summed E-state index contributed by atoms with van der Waals surface area (Å²) in [4.78, 5) is 29.0. The number of hydrogen-bond acceptors (Lipinski definition) is 5. The number of carbonyl (C=O) groups excluding carboxylic acids is 2. The van der Waals surface area contributed by atoms with Crippen LogP contribution in [0.3, 0.4) is 0 Å². The lowest BCUT2D eigenvalue weighted by molar-refractivity contribution is -0.137. The standard InChI is InChI=1S/C27H24F3N3O4/c1-16-2-4-19(32-25(35)22-13-18(6-9-31-22)27(28,29)30)14-20(16)17-3-5-21-23(12-17)37-26(15-24(34)33-21)7-10-36-11-8-26/h2-6,9,12-14H,7-8,10-11,15H2,1H3,(H,32,35)(H,33,34). The molecule has 1 saturated heterocycles. The van der Waals surface area contributed by atoms with E-state index >= 15 is 0 Å². The monoisotopic (exact) mass is 511 g/mol. The Hall–Kier alpha value is -3.92. The number of rotatable bonds is 3. The Labute approximate surface area is 211 Å². The van der Waals surface area contributed by atoms with Crippen molar-refractivity contribution in [1.29, 1.82) is 0 Å². The van der Waals surface area contributed by atoms with E-state index in [1.807, 2.05) is 19.1 Å². The van der Waals surface area contributed by atoms with Crippen molar-refractivity contribution in [3.8, 4) is 16.9 Å². The Morgan fingerprint density at radius 2 is 1.86 bits per heavy atom. The molecule has 192 valence electrons. The van der Waals surface area contributed by atoms with Crippen LogP contribution in [0.5, 0.6) is 5.75 Å². The highest BCUT2D eigenvalue weighted by Crippen LogP contribution is 2.41. The van der Waals surface area contributed by atoms with Gasteiger partial charge in [0, 0.05) is 24.7 Å². The summed E-state index contributed by atoms with van der Waals surface area (Å²) in [6, 6.07) is 12.2. The summed E-state index contributed by atoms with van der Waals surface area (Å²) < 4.78 is 51.0. The minimum Gasteiger partial charge on any atom is -0.484 e. The highest BCUT2D eigenvalue weighted by molar-refractivity contribution is 6.03. The molecule has 2 aromatic carbocycles. The number of aryl methyl sites for hydroxylation is 1. The molecule has 3 heterocycles. The molecule has 37 heavy (non-hydrogen) atoms. The smallest absolute Gasteiger partial charge is 0.416 e. The van der Waals surface area contributed by atoms with Gasteiger partial charge in [0.25, 0.3) is 5.91 Å². The van der Waals surface area contributed by atoms with E-state index in [1.165, 1.54) is 0 Å². The first-order valence-corrected chi connectivity index (χ1v) is 11.8. The van der Waals surface area contributed by atoms with Crippen LogP contribution in [-0.4, -0.2) is 35.6 Å². The summed E-state index contributed by atoms with van der Waals surface area (Å²) in [6.07, 6.45) is -2.17. The Morgan fingerprint density at radius 1 is 1.08 bits per heavy atom. The van der Waals surface area contributed by atoms with Gasteiger partial charge < -0.3 is 20.1 Å². The first-order chi connectivity index (χ1) is 17.6. The van der Waals surface area contributed by atoms with Crippen LogP contribution in [0.2, 0.25) is 0 Å². The van der Waals surface area contributed by atoms with Gasteiger partial charge in [-0.1, -0.05) is 12.1 Å². The number of alkyl halides is 3. The molecular weight excluding hydrogens is 487 g/mol. The van der Waals surface area contributed by atoms with Gasteiger partial charge in [-0.05, 0) is 60.0 Å². The number of benzene rings is 2. The van der Waals surface area contributed by atoms with Crippen LogP contribution in [0.1, 0.15) is 40.9 Å². The summed E-state index contributed by atoms with van der Waals surface area (Å²) in [6.45, 7) is 2.94. The van der Waals surface area contributed by atoms with Crippen LogP contribution in [0, 0.1) is 6.92 Å². The van der Waals surface area contributed by atoms with Gasteiger partial charge in [-0.15, -0.1) is 0 Å². The number of ether oxygens (including phenoxy) is 2. The molecule has 1 fully saturated rings. The van der Waals surface area contributed by atoms with Crippen molar-refractivity contribution in [3.05, 3.63) is 71.5 Å². The maximum absolute atomic E-state index is 13.0. The van der Waals surface area contributed by atoms with Gasteiger partial charge in [0.1, 0.15) is 17.0 Å². The lowest BCUT2D eigenvalue weighted by Gasteiger charge is -2.35. The van der Waals surface area contributed by atoms with E-state index in [2.05, 4.69) is 15.6 Å². The summed E-state index contributed by atoms with van der Waals surface area (Å²) in [5, 5.41) is 5.54. The molecule has 10 heteroatoms. The fourth-order valence-electron chi connectivity index (χ4n) is 4.59. The molecule has 7 nitrogen and oxygen atoms in total. The second-order valence-electron chi connectivity index (χ2n) is 9.24. The number of amides is 2. The van der Waals surface area contributed by atoms with Gasteiger partial charge in [-0.2, -0.15) is 13.2 Å². The maximum Gasteiger partial charge on any atom is 0.416 e. The molecule has 3 aromatic rings. The molecular formula is C27H24F3N3O4. The SMILES string of the molecule is Cc1ccc(NC(=O)c2cc(C(F)(F)F)ccn2)cc1-c1ccc2c(c1)OC1(CCOCC1)CC(=O)N2. The first kappa shape index (κ1) is 24.8. The van der Waals surface area contributed by atoms with Crippen molar-refractivity contribution in [2.45, 2.75) is 38.0 Å². The second-order valence-corrected chi connectivity index (χ2v) is 9.24. The number of pyridine rings is 1. The van der Waals surface area contributed by atoms with Gasteiger partial charge in [0.05, 0.1) is 30.9 Å². The molecule has 2 N–H and O–H groups in total. The van der Waals surface area contributed by atoms with E-state index < -0.39 is 23.2 Å². The number of carbonyl (C=O) groups is 2. The van der Waals surface area contributed by atoms with Crippen LogP contribution in [0.4, 0.5) is 24.5 Å². The van der Waals surface area contributed by atoms with Crippen LogP contribution < -0.4 is 15.4 Å². The predicted octanol–water partition coefficient (Wildman–Crippen LogP) is 5.60. The molecule has 5 rings (SSSR count). The molecule has 2 aliphatic heterocycles. The quantitative estimate of drug-likeness (QED) is 0.478. The number of nitrogens with one attached hydrogen (secondary N) is 2. The third-order valence-electron chi connectivity index (χ3n) is 6.60. The average Bonchev–Trinajstić information content (AvgIpc) is 2.99. The zero-order valence-electron chi connectivity index (χ0n) is 19.9. The predicted molar refractivity (Wildman–Crippen MR) is 130 cm³/mol. The third kappa shape index (κ3) is 5.29. The van der Waals surface area contributed by atoms with Gasteiger partial charge in [0.15, 0.2) is 0 Å². The average molecular weight is 512 g/mol. The van der Waals surface area contributed by atoms with E-state index in [9.17, 15) is 22.8 Å². The van der Waals surface area contributed by atoms with Crippen molar-refractivity contribution >= 4 is 23.2 Å². The van der Waals surface area contributed by atoms with Crippen LogP contribution in [0.15, 0.2) is 54.7 Å². The highest BCUT2D eigenvalue weighted by atomic mass is 19.4. The molecule has 0 bridgehead atoms. The van der Waals surface area contributed by atoms with Crippen molar-refractivity contribution in [3.63, 3.8) is 0 Å². The Morgan fingerprint density at radius 3 is 2.62 bits per heavy atom. The summed E-state index contributed by atoms with van der Waals surface area (Å²) in [5.74, 6) is -0.319. The van der Waals surface area contributed by atoms with Crippen LogP contribution in [-0.2, 0) is 15.7 Å². The number of fused-ring (bicyclic) bond motifs is 1. The number of aromatic nitrogens is 1. The summed E-state index contributed by atoms with van der Waals surface area (Å²) in [5.41, 5.74) is 1.55. The molecule has 1 spiro atoms. The number of halogens is 3. The normalized spacial score (nSPS) is 16.8. The van der Waals surface area contributed by atoms with Crippen molar-refractivity contribution < 1.29 is 32.2 Å². The van der Waals surface area contributed by atoms with Gasteiger partial charge in [0.2, 0.25) is 5.91 Å². The summed E-state index contributed by atoms with van der Waals surface area (Å²) in [7, 11) is 0. The molecule has 0 saturated carbocycles. The van der Waals surface area contributed by atoms with E-state index in [-0.39, 0.29) is 18.0 Å². The molecule has 0 unspecified atom stereocenters. The van der Waals surface area contributed by atoms with Crippen LogP contribution >= 0.6 is 0 Å². The topological polar surface area (TPSA) is 89.6 Å². The van der Waals surface area contributed by atoms with E-state index in [4.69, 9.17) is 9.47 Å². The second kappa shape index (κ2) is 9.51. The minimum absolute atomic E-state index is 0.113. The minimum atomic E-state index is -4.58. The molecule has 0 atom stereocenters. The van der Waals surface area contributed by atoms with Crippen molar-refractivity contribution in [2.75, 3.05) is 23.8 Å². The zero-order chi connectivity index (χ0) is 26.2. The Bertz CT molecular complexity index is 1370. The zero-order valence-corrected chi connectivity index (χ0v) is 19.9. The lowest BCUT2D eigenvalue weighted by Crippen LogP contribution is -2.43. The van der Waals surface area contributed by atoms with E-state index in [0.717, 1.165) is 29.0 Å². The van der Waals surface area contributed by atoms with Crippen molar-refractivity contribution in [1.82, 2.24) is 4.98 Å². The molecule has 1 aromatic heterocycles. The first-order valence-electron chi connectivity index (χ1n) is 11.8. The fraction of sp³-hybridized carbons (Fsp3) is 0.296. The molecule has 2 amide bonds.